The fourth-order valence-electron chi connectivity index (χ4n) is 2.26. The van der Waals surface area contributed by atoms with Gasteiger partial charge in [0, 0.05) is 17.3 Å². The first-order valence-corrected chi connectivity index (χ1v) is 8.54. The van der Waals surface area contributed by atoms with Crippen molar-refractivity contribution in [1.82, 2.24) is 0 Å². The van der Waals surface area contributed by atoms with E-state index in [4.69, 9.17) is 13.0 Å². The SMILES string of the molecule is C[C@@H]1C[C@H](O)[C@@H]2[C@@H](O)[C@H](O)C[S+]21.O=S(=O)([O-])C(F)(F)F. The number of halogens is 3. The molecule has 2 heterocycles. The molecule has 0 saturated carbocycles. The summed E-state index contributed by atoms with van der Waals surface area (Å²) in [5.74, 6) is 0.685. The molecule has 2 aliphatic rings. The van der Waals surface area contributed by atoms with E-state index in [2.05, 4.69) is 6.92 Å². The van der Waals surface area contributed by atoms with Crippen LogP contribution in [0.25, 0.3) is 0 Å². The Morgan fingerprint density at radius 3 is 2.00 bits per heavy atom. The molecule has 20 heavy (non-hydrogen) atoms. The molecule has 2 rings (SSSR count). The summed E-state index contributed by atoms with van der Waals surface area (Å²) in [5, 5.41) is 29.0. The van der Waals surface area contributed by atoms with Crippen LogP contribution in [0.4, 0.5) is 13.2 Å². The van der Waals surface area contributed by atoms with E-state index in [0.29, 0.717) is 11.0 Å². The van der Waals surface area contributed by atoms with Gasteiger partial charge in [0.25, 0.3) is 0 Å². The molecule has 0 radical (unpaired) electrons. The van der Waals surface area contributed by atoms with Crippen LogP contribution in [0, 0.1) is 0 Å². The summed E-state index contributed by atoms with van der Waals surface area (Å²) in [4.78, 5) is 0. The Hall–Kier alpha value is -0.0700. The van der Waals surface area contributed by atoms with E-state index < -0.39 is 33.9 Å². The van der Waals surface area contributed by atoms with Crippen LogP contribution in [-0.4, -0.2) is 68.4 Å². The number of alkyl halides is 3. The number of aliphatic hydroxyl groups excluding tert-OH is 3. The standard InChI is InChI=1S/C8H15O3S.CHF3O3S/c1-4-2-5(9)8-7(11)6(10)3-12(4)8;2-1(3,4)8(5,6)7/h4-11H,2-3H2,1H3;(H,5,6,7)/q+1;/p-1/t4-,5+,6-,7+,8-,12?;/m1./s1. The van der Waals surface area contributed by atoms with Gasteiger partial charge in [-0.1, -0.05) is 0 Å². The predicted octanol–water partition coefficient (Wildman–Crippen LogP) is -1.09. The maximum Gasteiger partial charge on any atom is 0.485 e. The quantitative estimate of drug-likeness (QED) is 0.293. The third-order valence-electron chi connectivity index (χ3n) is 3.20. The molecule has 3 N–H and O–H groups in total. The van der Waals surface area contributed by atoms with Crippen LogP contribution in [0.5, 0.6) is 0 Å². The van der Waals surface area contributed by atoms with Gasteiger partial charge in [-0.15, -0.1) is 0 Å². The van der Waals surface area contributed by atoms with Gasteiger partial charge in [0.05, 0.1) is 0 Å². The number of hydrogen-bond donors (Lipinski definition) is 3. The molecule has 0 spiro atoms. The minimum atomic E-state index is -6.09. The van der Waals surface area contributed by atoms with E-state index in [0.717, 1.165) is 6.42 Å². The average Bonchev–Trinajstić information content (AvgIpc) is 2.67. The summed E-state index contributed by atoms with van der Waals surface area (Å²) in [5.41, 5.74) is -5.65. The first-order valence-electron chi connectivity index (χ1n) is 5.61. The number of rotatable bonds is 0. The third kappa shape index (κ3) is 3.77. The lowest BCUT2D eigenvalue weighted by Gasteiger charge is -2.11. The second-order valence-corrected chi connectivity index (χ2v) is 8.66. The van der Waals surface area contributed by atoms with Gasteiger partial charge in [0.1, 0.15) is 29.3 Å². The minimum absolute atomic E-state index is 0.0463. The van der Waals surface area contributed by atoms with E-state index in [9.17, 15) is 28.5 Å². The van der Waals surface area contributed by atoms with Crippen LogP contribution < -0.4 is 0 Å². The van der Waals surface area contributed by atoms with Gasteiger partial charge in [-0.2, -0.15) is 13.2 Å². The Morgan fingerprint density at radius 2 is 1.65 bits per heavy atom. The molecular formula is C9H15F3O6S2. The van der Waals surface area contributed by atoms with Gasteiger partial charge in [0.2, 0.25) is 0 Å². The normalized spacial score (nSPS) is 41.0. The van der Waals surface area contributed by atoms with Gasteiger partial charge in [0.15, 0.2) is 15.4 Å². The zero-order chi connectivity index (χ0) is 15.9. The third-order valence-corrected chi connectivity index (χ3v) is 7.01. The van der Waals surface area contributed by atoms with E-state index in [1.807, 2.05) is 0 Å². The molecule has 0 bridgehead atoms. The van der Waals surface area contributed by atoms with E-state index in [1.54, 1.807) is 0 Å². The largest absolute Gasteiger partial charge is 0.741 e. The highest BCUT2D eigenvalue weighted by Crippen LogP contribution is 2.38. The summed E-state index contributed by atoms with van der Waals surface area (Å²) in [6, 6.07) is 0. The monoisotopic (exact) mass is 340 g/mol. The van der Waals surface area contributed by atoms with Gasteiger partial charge < -0.3 is 19.9 Å². The molecule has 6 atom stereocenters. The van der Waals surface area contributed by atoms with E-state index >= 15 is 0 Å². The van der Waals surface area contributed by atoms with Gasteiger partial charge in [-0.05, 0) is 6.92 Å². The summed E-state index contributed by atoms with van der Waals surface area (Å²) in [7, 11) is -6.04. The Balaban J connectivity index is 0.000000221. The van der Waals surface area contributed by atoms with Crippen LogP contribution in [-0.2, 0) is 21.0 Å². The molecule has 2 saturated heterocycles. The summed E-state index contributed by atoms with van der Waals surface area (Å²) >= 11 is 0. The van der Waals surface area contributed by atoms with Crippen molar-refractivity contribution in [3.63, 3.8) is 0 Å². The molecular weight excluding hydrogens is 325 g/mol. The number of hydrogen-bond acceptors (Lipinski definition) is 6. The zero-order valence-electron chi connectivity index (χ0n) is 10.3. The Morgan fingerprint density at radius 1 is 1.20 bits per heavy atom. The predicted molar refractivity (Wildman–Crippen MR) is 63.9 cm³/mol. The maximum absolute atomic E-state index is 10.7. The average molecular weight is 340 g/mol. The highest BCUT2D eigenvalue weighted by Gasteiger charge is 2.60. The minimum Gasteiger partial charge on any atom is -0.741 e. The molecule has 120 valence electrons. The smallest absolute Gasteiger partial charge is 0.485 e. The topological polar surface area (TPSA) is 118 Å². The van der Waals surface area contributed by atoms with E-state index in [-0.39, 0.29) is 16.1 Å². The molecule has 2 aliphatic heterocycles. The Kier molecular flexibility index (Phi) is 5.37. The second kappa shape index (κ2) is 5.97. The molecule has 0 amide bonds. The van der Waals surface area contributed by atoms with Gasteiger partial charge >= 0.3 is 5.51 Å². The number of aliphatic hydroxyl groups is 3. The van der Waals surface area contributed by atoms with Crippen molar-refractivity contribution in [2.24, 2.45) is 0 Å². The van der Waals surface area contributed by atoms with Crippen LogP contribution >= 0.6 is 0 Å². The van der Waals surface area contributed by atoms with Crippen LogP contribution in [0.2, 0.25) is 0 Å². The molecule has 0 aromatic rings. The lowest BCUT2D eigenvalue weighted by Crippen LogP contribution is -2.36. The Bertz CT molecular complexity index is 439. The first-order chi connectivity index (χ1) is 8.86. The Labute approximate surface area is 116 Å². The molecule has 0 aromatic carbocycles. The molecule has 0 aliphatic carbocycles. The number of fused-ring (bicyclic) bond motifs is 1. The van der Waals surface area contributed by atoms with Crippen LogP contribution in [0.1, 0.15) is 13.3 Å². The summed E-state index contributed by atoms with van der Waals surface area (Å²) in [6.45, 7) is 2.09. The van der Waals surface area contributed by atoms with Crippen molar-refractivity contribution >= 4 is 21.0 Å². The fraction of sp³-hybridized carbons (Fsp3) is 1.00. The highest BCUT2D eigenvalue weighted by atomic mass is 32.2. The fourth-order valence-corrected chi connectivity index (χ4v) is 5.44. The van der Waals surface area contributed by atoms with Crippen molar-refractivity contribution in [3.05, 3.63) is 0 Å². The molecule has 2 fully saturated rings. The van der Waals surface area contributed by atoms with Crippen molar-refractivity contribution in [2.45, 2.75) is 47.7 Å². The van der Waals surface area contributed by atoms with Gasteiger partial charge in [-0.3, -0.25) is 0 Å². The first kappa shape index (κ1) is 18.0. The lowest BCUT2D eigenvalue weighted by molar-refractivity contribution is -0.0517. The van der Waals surface area contributed by atoms with Crippen molar-refractivity contribution < 1.29 is 41.5 Å². The molecule has 6 nitrogen and oxygen atoms in total. The van der Waals surface area contributed by atoms with Crippen LogP contribution in [0.3, 0.4) is 0 Å². The van der Waals surface area contributed by atoms with Crippen molar-refractivity contribution in [3.8, 4) is 0 Å². The van der Waals surface area contributed by atoms with Crippen molar-refractivity contribution in [2.75, 3.05) is 5.75 Å². The molecule has 1 unspecified atom stereocenters. The molecule has 11 heteroatoms. The van der Waals surface area contributed by atoms with E-state index in [1.165, 1.54) is 0 Å². The maximum atomic E-state index is 10.7. The highest BCUT2D eigenvalue weighted by molar-refractivity contribution is 7.98. The second-order valence-electron chi connectivity index (χ2n) is 4.67. The lowest BCUT2D eigenvalue weighted by atomic mass is 10.0. The summed E-state index contributed by atoms with van der Waals surface area (Å²) in [6.07, 6.45) is -0.892. The zero-order valence-corrected chi connectivity index (χ0v) is 12.0. The summed E-state index contributed by atoms with van der Waals surface area (Å²) < 4.78 is 58.9. The molecule has 0 aromatic heterocycles. The van der Waals surface area contributed by atoms with Crippen LogP contribution in [0.15, 0.2) is 0 Å². The van der Waals surface area contributed by atoms with Gasteiger partial charge in [-0.25, -0.2) is 8.42 Å². The van der Waals surface area contributed by atoms with Crippen molar-refractivity contribution in [1.29, 1.82) is 0 Å².